The van der Waals surface area contributed by atoms with Crippen LogP contribution in [0, 0.1) is 6.92 Å². The topological polar surface area (TPSA) is 63.2 Å². The van der Waals surface area contributed by atoms with E-state index in [0.717, 1.165) is 5.56 Å². The number of amides is 1. The van der Waals surface area contributed by atoms with Gasteiger partial charge in [0.05, 0.1) is 4.90 Å². The zero-order valence-electron chi connectivity index (χ0n) is 11.0. The molecular weight excluding hydrogens is 274 g/mol. The lowest BCUT2D eigenvalue weighted by Crippen LogP contribution is -2.23. The Morgan fingerprint density at radius 2 is 1.60 bits per heavy atom. The molecule has 0 aliphatic rings. The summed E-state index contributed by atoms with van der Waals surface area (Å²) < 4.78 is 24.1. The molecule has 0 radical (unpaired) electrons. The first-order chi connectivity index (χ1) is 9.49. The van der Waals surface area contributed by atoms with Gasteiger partial charge in [0.15, 0.2) is 9.84 Å². The minimum atomic E-state index is -3.60. The number of benzene rings is 2. The van der Waals surface area contributed by atoms with Gasteiger partial charge in [0.25, 0.3) is 0 Å². The van der Waals surface area contributed by atoms with Crippen LogP contribution in [0.25, 0.3) is 0 Å². The fourth-order valence-electron chi connectivity index (χ4n) is 1.78. The van der Waals surface area contributed by atoms with E-state index in [1.807, 2.05) is 19.1 Å². The SMILES string of the molecule is Cc1ccccc1NC(=O)CS(=O)(=O)c1ccccc1. The average molecular weight is 289 g/mol. The summed E-state index contributed by atoms with van der Waals surface area (Å²) in [6, 6.07) is 15.2. The van der Waals surface area contributed by atoms with Gasteiger partial charge in [-0.05, 0) is 30.7 Å². The lowest BCUT2D eigenvalue weighted by molar-refractivity contribution is -0.113. The molecule has 0 saturated carbocycles. The lowest BCUT2D eigenvalue weighted by Gasteiger charge is -2.08. The second-order valence-electron chi connectivity index (χ2n) is 4.44. The van der Waals surface area contributed by atoms with E-state index in [2.05, 4.69) is 5.32 Å². The second kappa shape index (κ2) is 5.88. The Morgan fingerprint density at radius 3 is 2.25 bits per heavy atom. The molecule has 0 aromatic heterocycles. The van der Waals surface area contributed by atoms with Crippen LogP contribution in [0.2, 0.25) is 0 Å². The van der Waals surface area contributed by atoms with E-state index >= 15 is 0 Å². The highest BCUT2D eigenvalue weighted by molar-refractivity contribution is 7.92. The number of nitrogens with one attached hydrogen (secondary N) is 1. The van der Waals surface area contributed by atoms with Crippen LogP contribution < -0.4 is 5.32 Å². The molecule has 4 nitrogen and oxygen atoms in total. The van der Waals surface area contributed by atoms with Gasteiger partial charge in [-0.3, -0.25) is 4.79 Å². The summed E-state index contributed by atoms with van der Waals surface area (Å²) in [6.07, 6.45) is 0. The summed E-state index contributed by atoms with van der Waals surface area (Å²) in [5, 5.41) is 2.62. The van der Waals surface area contributed by atoms with Gasteiger partial charge in [-0.2, -0.15) is 0 Å². The van der Waals surface area contributed by atoms with Gasteiger partial charge in [-0.25, -0.2) is 8.42 Å². The third-order valence-electron chi connectivity index (χ3n) is 2.84. The van der Waals surface area contributed by atoms with E-state index in [4.69, 9.17) is 0 Å². The van der Waals surface area contributed by atoms with Crippen molar-refractivity contribution < 1.29 is 13.2 Å². The predicted molar refractivity (Wildman–Crippen MR) is 78.3 cm³/mol. The second-order valence-corrected chi connectivity index (χ2v) is 6.42. The Kier molecular flexibility index (Phi) is 4.20. The first kappa shape index (κ1) is 14.3. The number of carbonyl (C=O) groups is 1. The Morgan fingerprint density at radius 1 is 1.00 bits per heavy atom. The summed E-state index contributed by atoms with van der Waals surface area (Å²) in [5.41, 5.74) is 1.51. The number of hydrogen-bond donors (Lipinski definition) is 1. The molecule has 1 amide bonds. The third kappa shape index (κ3) is 3.45. The number of anilines is 1. The zero-order valence-corrected chi connectivity index (χ0v) is 11.9. The van der Waals surface area contributed by atoms with Crippen molar-refractivity contribution in [2.45, 2.75) is 11.8 Å². The van der Waals surface area contributed by atoms with Crippen LogP contribution >= 0.6 is 0 Å². The van der Waals surface area contributed by atoms with E-state index in [0.29, 0.717) is 5.69 Å². The average Bonchev–Trinajstić information content (AvgIpc) is 2.42. The monoisotopic (exact) mass is 289 g/mol. The highest BCUT2D eigenvalue weighted by Crippen LogP contribution is 2.14. The molecule has 2 rings (SSSR count). The lowest BCUT2D eigenvalue weighted by atomic mass is 10.2. The molecule has 0 heterocycles. The molecule has 0 unspecified atom stereocenters. The van der Waals surface area contributed by atoms with E-state index in [9.17, 15) is 13.2 Å². The molecule has 0 fully saturated rings. The molecule has 0 bridgehead atoms. The van der Waals surface area contributed by atoms with Crippen LogP contribution in [0.3, 0.4) is 0 Å². The predicted octanol–water partition coefficient (Wildman–Crippen LogP) is 2.41. The van der Waals surface area contributed by atoms with E-state index in [1.165, 1.54) is 12.1 Å². The van der Waals surface area contributed by atoms with Crippen molar-refractivity contribution in [3.05, 3.63) is 60.2 Å². The van der Waals surface area contributed by atoms with E-state index < -0.39 is 21.5 Å². The van der Waals surface area contributed by atoms with Gasteiger partial charge in [-0.1, -0.05) is 36.4 Å². The standard InChI is InChI=1S/C15H15NO3S/c1-12-7-5-6-10-14(12)16-15(17)11-20(18,19)13-8-3-2-4-9-13/h2-10H,11H2,1H3,(H,16,17). The van der Waals surface area contributed by atoms with Gasteiger partial charge in [0.1, 0.15) is 5.75 Å². The molecule has 5 heteroatoms. The number of para-hydroxylation sites is 1. The molecule has 0 saturated heterocycles. The van der Waals surface area contributed by atoms with Crippen LogP contribution in [0.4, 0.5) is 5.69 Å². The number of sulfone groups is 1. The third-order valence-corrected chi connectivity index (χ3v) is 4.48. The highest BCUT2D eigenvalue weighted by atomic mass is 32.2. The van der Waals surface area contributed by atoms with Crippen LogP contribution in [0.1, 0.15) is 5.56 Å². The normalized spacial score (nSPS) is 11.1. The molecule has 104 valence electrons. The first-order valence-corrected chi connectivity index (χ1v) is 7.77. The summed E-state index contributed by atoms with van der Waals surface area (Å²) in [5.74, 6) is -1.10. The van der Waals surface area contributed by atoms with Crippen LogP contribution in [0.5, 0.6) is 0 Å². The molecule has 0 spiro atoms. The Hall–Kier alpha value is -2.14. The van der Waals surface area contributed by atoms with Gasteiger partial charge < -0.3 is 5.32 Å². The molecule has 1 N–H and O–H groups in total. The van der Waals surface area contributed by atoms with Crippen LogP contribution in [-0.4, -0.2) is 20.1 Å². The van der Waals surface area contributed by atoms with Gasteiger partial charge in [0.2, 0.25) is 5.91 Å². The Balaban J connectivity index is 2.11. The van der Waals surface area contributed by atoms with Crippen molar-refractivity contribution in [2.24, 2.45) is 0 Å². The molecule has 2 aromatic rings. The van der Waals surface area contributed by atoms with Crippen molar-refractivity contribution >= 4 is 21.4 Å². The maximum absolute atomic E-state index is 12.1. The van der Waals surface area contributed by atoms with Crippen LogP contribution in [-0.2, 0) is 14.6 Å². The maximum Gasteiger partial charge on any atom is 0.239 e. The summed E-state index contributed by atoms with van der Waals surface area (Å²) in [7, 11) is -3.60. The number of hydrogen-bond acceptors (Lipinski definition) is 3. The fraction of sp³-hybridized carbons (Fsp3) is 0.133. The summed E-state index contributed by atoms with van der Waals surface area (Å²) in [6.45, 7) is 1.85. The maximum atomic E-state index is 12.1. The minimum absolute atomic E-state index is 0.153. The number of carbonyl (C=O) groups excluding carboxylic acids is 1. The van der Waals surface area contributed by atoms with Crippen molar-refractivity contribution in [1.82, 2.24) is 0 Å². The van der Waals surface area contributed by atoms with Crippen molar-refractivity contribution in [2.75, 3.05) is 11.1 Å². The molecule has 2 aromatic carbocycles. The molecule has 0 aliphatic heterocycles. The summed E-state index contributed by atoms with van der Waals surface area (Å²) >= 11 is 0. The smallest absolute Gasteiger partial charge is 0.239 e. The number of rotatable bonds is 4. The van der Waals surface area contributed by atoms with E-state index in [1.54, 1.807) is 30.3 Å². The zero-order chi connectivity index (χ0) is 14.6. The Labute approximate surface area is 118 Å². The van der Waals surface area contributed by atoms with Crippen molar-refractivity contribution in [1.29, 1.82) is 0 Å². The van der Waals surface area contributed by atoms with Gasteiger partial charge in [-0.15, -0.1) is 0 Å². The van der Waals surface area contributed by atoms with Crippen molar-refractivity contribution in [3.63, 3.8) is 0 Å². The quantitative estimate of drug-likeness (QED) is 0.940. The fourth-order valence-corrected chi connectivity index (χ4v) is 2.94. The Bertz CT molecular complexity index is 709. The van der Waals surface area contributed by atoms with Gasteiger partial charge in [0, 0.05) is 5.69 Å². The van der Waals surface area contributed by atoms with Crippen LogP contribution in [0.15, 0.2) is 59.5 Å². The van der Waals surface area contributed by atoms with E-state index in [-0.39, 0.29) is 4.90 Å². The molecule has 0 aliphatic carbocycles. The first-order valence-electron chi connectivity index (χ1n) is 6.12. The van der Waals surface area contributed by atoms with Gasteiger partial charge >= 0.3 is 0 Å². The molecule has 20 heavy (non-hydrogen) atoms. The largest absolute Gasteiger partial charge is 0.325 e. The van der Waals surface area contributed by atoms with Crippen molar-refractivity contribution in [3.8, 4) is 0 Å². The highest BCUT2D eigenvalue weighted by Gasteiger charge is 2.19. The number of aryl methyl sites for hydroxylation is 1. The molecule has 0 atom stereocenters. The minimum Gasteiger partial charge on any atom is -0.325 e. The molecular formula is C15H15NO3S. The summed E-state index contributed by atoms with van der Waals surface area (Å²) in [4.78, 5) is 12.0.